The smallest absolute Gasteiger partial charge is 0.333 e. The van der Waals surface area contributed by atoms with Crippen LogP contribution in [0.25, 0.3) is 16.5 Å². The molecular weight excluding hydrogens is 479 g/mol. The standard InChI is InChI=1S/C23H21FN4O4S2/c1-13-12-28(22(29)17-7-5-15(25-3)10-18(13)17)20-8-6-16(11-19(20)24)26-23(30)27-34(31,32)21-9-4-14(2)33-21/h4-12,25H,1-3H3,(H2,26,27,30). The van der Waals surface area contributed by atoms with Gasteiger partial charge in [-0.2, -0.15) is 0 Å². The quantitative estimate of drug-likeness (QED) is 0.377. The van der Waals surface area contributed by atoms with Crippen LogP contribution in [0.3, 0.4) is 0 Å². The van der Waals surface area contributed by atoms with E-state index in [1.54, 1.807) is 38.4 Å². The zero-order valence-electron chi connectivity index (χ0n) is 18.5. The number of nitrogens with zero attached hydrogens (tertiary/aromatic N) is 1. The first kappa shape index (κ1) is 23.5. The highest BCUT2D eigenvalue weighted by molar-refractivity contribution is 7.92. The molecule has 0 saturated heterocycles. The van der Waals surface area contributed by atoms with Crippen molar-refractivity contribution in [1.82, 2.24) is 9.29 Å². The van der Waals surface area contributed by atoms with Crippen LogP contribution in [0.5, 0.6) is 0 Å². The van der Waals surface area contributed by atoms with Crippen molar-refractivity contribution in [2.24, 2.45) is 0 Å². The topological polar surface area (TPSA) is 109 Å². The number of urea groups is 1. The van der Waals surface area contributed by atoms with Gasteiger partial charge in [0.05, 0.1) is 5.69 Å². The molecule has 0 atom stereocenters. The number of hydrogen-bond acceptors (Lipinski definition) is 6. The molecule has 0 fully saturated rings. The van der Waals surface area contributed by atoms with E-state index in [0.29, 0.717) is 5.39 Å². The largest absolute Gasteiger partial charge is 0.388 e. The van der Waals surface area contributed by atoms with Crippen molar-refractivity contribution in [2.45, 2.75) is 18.1 Å². The van der Waals surface area contributed by atoms with Crippen LogP contribution in [0.1, 0.15) is 10.4 Å². The van der Waals surface area contributed by atoms with E-state index in [9.17, 15) is 22.4 Å². The van der Waals surface area contributed by atoms with Gasteiger partial charge < -0.3 is 10.6 Å². The summed E-state index contributed by atoms with van der Waals surface area (Å²) in [6.07, 6.45) is 1.55. The molecule has 4 rings (SSSR count). The maximum atomic E-state index is 15.0. The summed E-state index contributed by atoms with van der Waals surface area (Å²) in [5.41, 5.74) is 1.27. The van der Waals surface area contributed by atoms with E-state index in [-0.39, 0.29) is 15.6 Å². The third-order valence-electron chi connectivity index (χ3n) is 5.18. The maximum absolute atomic E-state index is 15.0. The predicted molar refractivity (Wildman–Crippen MR) is 132 cm³/mol. The third kappa shape index (κ3) is 4.52. The fourth-order valence-electron chi connectivity index (χ4n) is 3.51. The van der Waals surface area contributed by atoms with Gasteiger partial charge in [-0.05, 0) is 73.3 Å². The van der Waals surface area contributed by atoms with Crippen LogP contribution in [-0.4, -0.2) is 26.1 Å². The molecular formula is C23H21FN4O4S2. The molecule has 11 heteroatoms. The molecule has 0 radical (unpaired) electrons. The monoisotopic (exact) mass is 500 g/mol. The highest BCUT2D eigenvalue weighted by atomic mass is 32.2. The Labute approximate surface area is 199 Å². The zero-order chi connectivity index (χ0) is 24.6. The van der Waals surface area contributed by atoms with Crippen molar-refractivity contribution < 1.29 is 17.6 Å². The highest BCUT2D eigenvalue weighted by Crippen LogP contribution is 2.24. The van der Waals surface area contributed by atoms with Crippen molar-refractivity contribution in [1.29, 1.82) is 0 Å². The third-order valence-corrected chi connectivity index (χ3v) is 8.00. The lowest BCUT2D eigenvalue weighted by Crippen LogP contribution is -2.34. The van der Waals surface area contributed by atoms with E-state index < -0.39 is 27.4 Å². The number of aryl methyl sites for hydroxylation is 2. The normalized spacial score (nSPS) is 11.4. The van der Waals surface area contributed by atoms with Gasteiger partial charge in [-0.3, -0.25) is 9.36 Å². The van der Waals surface area contributed by atoms with Gasteiger partial charge in [0.15, 0.2) is 0 Å². The van der Waals surface area contributed by atoms with E-state index in [0.717, 1.165) is 38.9 Å². The Kier molecular flexibility index (Phi) is 6.15. The van der Waals surface area contributed by atoms with Gasteiger partial charge in [-0.25, -0.2) is 22.3 Å². The number of anilines is 2. The Morgan fingerprint density at radius 1 is 1.00 bits per heavy atom. The SMILES string of the molecule is CNc1ccc2c(=O)n(-c3ccc(NC(=O)NS(=O)(=O)c4ccc(C)s4)cc3F)cc(C)c2c1. The minimum atomic E-state index is -4.04. The van der Waals surface area contributed by atoms with Gasteiger partial charge in [0.1, 0.15) is 10.0 Å². The number of rotatable bonds is 5. The number of hydrogen-bond donors (Lipinski definition) is 3. The van der Waals surface area contributed by atoms with Gasteiger partial charge >= 0.3 is 6.03 Å². The summed E-state index contributed by atoms with van der Waals surface area (Å²) < 4.78 is 42.6. The van der Waals surface area contributed by atoms with E-state index in [1.807, 2.05) is 17.7 Å². The maximum Gasteiger partial charge on any atom is 0.333 e. The van der Waals surface area contributed by atoms with Crippen LogP contribution < -0.4 is 20.9 Å². The average molecular weight is 501 g/mol. The number of pyridine rings is 1. The Morgan fingerprint density at radius 2 is 1.74 bits per heavy atom. The van der Waals surface area contributed by atoms with Crippen LogP contribution in [0, 0.1) is 19.7 Å². The zero-order valence-corrected chi connectivity index (χ0v) is 20.1. The summed E-state index contributed by atoms with van der Waals surface area (Å²) in [6.45, 7) is 3.57. The fourth-order valence-corrected chi connectivity index (χ4v) is 5.70. The molecule has 4 aromatic rings. The molecule has 0 aliphatic carbocycles. The summed E-state index contributed by atoms with van der Waals surface area (Å²) in [7, 11) is -2.26. The van der Waals surface area contributed by atoms with Crippen molar-refractivity contribution in [3.05, 3.63) is 81.3 Å². The van der Waals surface area contributed by atoms with E-state index in [1.165, 1.54) is 22.8 Å². The lowest BCUT2D eigenvalue weighted by atomic mass is 10.1. The molecule has 34 heavy (non-hydrogen) atoms. The summed E-state index contributed by atoms with van der Waals surface area (Å²) >= 11 is 1.02. The van der Waals surface area contributed by atoms with Crippen molar-refractivity contribution in [2.75, 3.05) is 17.7 Å². The Balaban J connectivity index is 1.60. The van der Waals surface area contributed by atoms with Gasteiger partial charge in [-0.1, -0.05) is 0 Å². The van der Waals surface area contributed by atoms with Gasteiger partial charge in [0.2, 0.25) is 0 Å². The molecule has 2 aromatic carbocycles. The fraction of sp³-hybridized carbons (Fsp3) is 0.130. The molecule has 8 nitrogen and oxygen atoms in total. The van der Waals surface area contributed by atoms with Crippen molar-refractivity contribution in [3.8, 4) is 5.69 Å². The molecule has 0 unspecified atom stereocenters. The predicted octanol–water partition coefficient (Wildman–Crippen LogP) is 4.36. The number of carbonyl (C=O) groups excluding carboxylic acids is 1. The number of fused-ring (bicyclic) bond motifs is 1. The van der Waals surface area contributed by atoms with E-state index in [2.05, 4.69) is 10.6 Å². The van der Waals surface area contributed by atoms with Crippen molar-refractivity contribution in [3.63, 3.8) is 0 Å². The number of nitrogens with one attached hydrogen (secondary N) is 3. The number of amides is 2. The first-order valence-electron chi connectivity index (χ1n) is 10.1. The Morgan fingerprint density at radius 3 is 2.38 bits per heavy atom. The lowest BCUT2D eigenvalue weighted by Gasteiger charge is -2.13. The Bertz CT molecular complexity index is 1590. The summed E-state index contributed by atoms with van der Waals surface area (Å²) in [6, 6.07) is 11.0. The number of halogens is 1. The number of carbonyl (C=O) groups is 1. The number of sulfonamides is 1. The molecule has 3 N–H and O–H groups in total. The van der Waals surface area contributed by atoms with Gasteiger partial charge in [0.25, 0.3) is 15.6 Å². The number of aromatic nitrogens is 1. The minimum Gasteiger partial charge on any atom is -0.388 e. The Hall–Kier alpha value is -3.70. The first-order valence-corrected chi connectivity index (χ1v) is 12.4. The molecule has 0 saturated carbocycles. The molecule has 176 valence electrons. The van der Waals surface area contributed by atoms with Crippen LogP contribution in [0.2, 0.25) is 0 Å². The van der Waals surface area contributed by atoms with Crippen LogP contribution >= 0.6 is 11.3 Å². The minimum absolute atomic E-state index is 0.000309. The van der Waals surface area contributed by atoms with Crippen LogP contribution in [0.4, 0.5) is 20.6 Å². The highest BCUT2D eigenvalue weighted by Gasteiger charge is 2.20. The molecule has 0 bridgehead atoms. The molecule has 2 amide bonds. The second-order valence-electron chi connectivity index (χ2n) is 7.59. The van der Waals surface area contributed by atoms with E-state index >= 15 is 0 Å². The summed E-state index contributed by atoms with van der Waals surface area (Å²) in [5, 5.41) is 6.52. The van der Waals surface area contributed by atoms with E-state index in [4.69, 9.17) is 0 Å². The van der Waals surface area contributed by atoms with Gasteiger partial charge in [-0.15, -0.1) is 11.3 Å². The number of thiophene rings is 1. The van der Waals surface area contributed by atoms with Crippen LogP contribution in [0.15, 0.2) is 63.7 Å². The number of benzene rings is 2. The molecule has 0 aliphatic heterocycles. The second kappa shape index (κ2) is 8.92. The summed E-state index contributed by atoms with van der Waals surface area (Å²) in [5.74, 6) is -0.762. The molecule has 0 spiro atoms. The molecule has 2 heterocycles. The first-order chi connectivity index (χ1) is 16.1. The average Bonchev–Trinajstić information content (AvgIpc) is 3.23. The lowest BCUT2D eigenvalue weighted by molar-refractivity contribution is 0.256. The van der Waals surface area contributed by atoms with Gasteiger partial charge in [0, 0.05) is 34.9 Å². The summed E-state index contributed by atoms with van der Waals surface area (Å²) in [4.78, 5) is 26.0. The van der Waals surface area contributed by atoms with Crippen LogP contribution in [-0.2, 0) is 10.0 Å². The second-order valence-corrected chi connectivity index (χ2v) is 10.8. The molecule has 2 aromatic heterocycles. The molecule has 0 aliphatic rings. The van der Waals surface area contributed by atoms with Crippen molar-refractivity contribution >= 4 is 49.5 Å².